The fourth-order valence-electron chi connectivity index (χ4n) is 3.59. The van der Waals surface area contributed by atoms with E-state index in [4.69, 9.17) is 4.74 Å². The lowest BCUT2D eigenvalue weighted by Crippen LogP contribution is -2.32. The Kier molecular flexibility index (Phi) is 8.80. The van der Waals surface area contributed by atoms with Gasteiger partial charge >= 0.3 is 5.97 Å². The number of nitrogens with one attached hydrogen (secondary N) is 2. The SMILES string of the molecule is Cc1c(C(=O)NC(CC(=O)OC(C)C)c2ccccc2)nnn1C1CCNCC1.Cl. The van der Waals surface area contributed by atoms with Crippen LogP contribution in [0.25, 0.3) is 0 Å². The molecular formula is C21H30ClN5O3. The molecule has 0 bridgehead atoms. The second-order valence-corrected chi connectivity index (χ2v) is 7.63. The van der Waals surface area contributed by atoms with Gasteiger partial charge in [0.15, 0.2) is 5.69 Å². The fraction of sp³-hybridized carbons (Fsp3) is 0.524. The Balaban J connectivity index is 0.00000320. The molecule has 9 heteroatoms. The number of esters is 1. The van der Waals surface area contributed by atoms with Crippen molar-refractivity contribution in [3.63, 3.8) is 0 Å². The highest BCUT2D eigenvalue weighted by atomic mass is 35.5. The van der Waals surface area contributed by atoms with E-state index in [0.29, 0.717) is 5.69 Å². The Morgan fingerprint density at radius 3 is 2.53 bits per heavy atom. The molecule has 1 amide bonds. The first-order valence-electron chi connectivity index (χ1n) is 10.1. The van der Waals surface area contributed by atoms with Crippen LogP contribution in [0, 0.1) is 6.92 Å². The second-order valence-electron chi connectivity index (χ2n) is 7.63. The zero-order valence-electron chi connectivity index (χ0n) is 17.6. The van der Waals surface area contributed by atoms with E-state index in [-0.39, 0.29) is 42.9 Å². The summed E-state index contributed by atoms with van der Waals surface area (Å²) in [5.41, 5.74) is 1.87. The van der Waals surface area contributed by atoms with Gasteiger partial charge in [0, 0.05) is 0 Å². The first-order chi connectivity index (χ1) is 14.0. The van der Waals surface area contributed by atoms with E-state index in [9.17, 15) is 9.59 Å². The van der Waals surface area contributed by atoms with Crippen LogP contribution in [-0.2, 0) is 9.53 Å². The molecule has 3 rings (SSSR count). The first kappa shape index (κ1) is 23.8. The summed E-state index contributed by atoms with van der Waals surface area (Å²) in [5.74, 6) is -0.696. The van der Waals surface area contributed by atoms with Gasteiger partial charge in [-0.1, -0.05) is 35.5 Å². The Morgan fingerprint density at radius 2 is 1.90 bits per heavy atom. The third kappa shape index (κ3) is 6.03. The summed E-state index contributed by atoms with van der Waals surface area (Å²) in [6.45, 7) is 7.33. The van der Waals surface area contributed by atoms with Crippen LogP contribution in [0.2, 0.25) is 0 Å². The summed E-state index contributed by atoms with van der Waals surface area (Å²) < 4.78 is 7.12. The van der Waals surface area contributed by atoms with Crippen LogP contribution in [0.5, 0.6) is 0 Å². The van der Waals surface area contributed by atoms with Crippen LogP contribution in [0.15, 0.2) is 30.3 Å². The van der Waals surface area contributed by atoms with Gasteiger partial charge in [0.2, 0.25) is 0 Å². The van der Waals surface area contributed by atoms with Gasteiger partial charge in [0.05, 0.1) is 30.3 Å². The van der Waals surface area contributed by atoms with Gasteiger partial charge in [0.25, 0.3) is 5.91 Å². The molecule has 1 aromatic carbocycles. The van der Waals surface area contributed by atoms with E-state index in [1.807, 2.05) is 41.9 Å². The molecule has 0 aliphatic carbocycles. The van der Waals surface area contributed by atoms with Gasteiger partial charge in [-0.2, -0.15) is 0 Å². The van der Waals surface area contributed by atoms with Crippen LogP contribution >= 0.6 is 12.4 Å². The zero-order valence-corrected chi connectivity index (χ0v) is 18.4. The van der Waals surface area contributed by atoms with Crippen molar-refractivity contribution < 1.29 is 14.3 Å². The molecule has 2 heterocycles. The number of aromatic nitrogens is 3. The van der Waals surface area contributed by atoms with Crippen LogP contribution in [0.4, 0.5) is 0 Å². The number of amides is 1. The zero-order chi connectivity index (χ0) is 20.8. The van der Waals surface area contributed by atoms with Crippen LogP contribution in [0.3, 0.4) is 0 Å². The van der Waals surface area contributed by atoms with Crippen LogP contribution < -0.4 is 10.6 Å². The Morgan fingerprint density at radius 1 is 1.23 bits per heavy atom. The first-order valence-corrected chi connectivity index (χ1v) is 10.1. The average Bonchev–Trinajstić information content (AvgIpc) is 3.09. The van der Waals surface area contributed by atoms with Crippen molar-refractivity contribution >= 4 is 24.3 Å². The molecule has 30 heavy (non-hydrogen) atoms. The number of piperidine rings is 1. The summed E-state index contributed by atoms with van der Waals surface area (Å²) in [6, 6.07) is 9.15. The number of carbonyl (C=O) groups excluding carboxylic acids is 2. The van der Waals surface area contributed by atoms with E-state index in [1.165, 1.54) is 0 Å². The lowest BCUT2D eigenvalue weighted by Gasteiger charge is -2.23. The van der Waals surface area contributed by atoms with E-state index in [2.05, 4.69) is 20.9 Å². The largest absolute Gasteiger partial charge is 0.463 e. The number of nitrogens with zero attached hydrogens (tertiary/aromatic N) is 3. The average molecular weight is 436 g/mol. The van der Waals surface area contributed by atoms with Crippen molar-refractivity contribution in [3.8, 4) is 0 Å². The maximum Gasteiger partial charge on any atom is 0.308 e. The number of hydrogen-bond donors (Lipinski definition) is 2. The number of halogens is 1. The van der Waals surface area contributed by atoms with Crippen LogP contribution in [-0.4, -0.2) is 46.1 Å². The van der Waals surface area contributed by atoms with Gasteiger partial charge in [-0.3, -0.25) is 9.59 Å². The molecule has 1 atom stereocenters. The molecule has 1 aliphatic rings. The maximum atomic E-state index is 13.0. The highest BCUT2D eigenvalue weighted by Gasteiger charge is 2.26. The van der Waals surface area contributed by atoms with E-state index >= 15 is 0 Å². The van der Waals surface area contributed by atoms with Crippen molar-refractivity contribution in [2.45, 2.75) is 58.2 Å². The molecule has 1 unspecified atom stereocenters. The van der Waals surface area contributed by atoms with Gasteiger partial charge in [-0.15, -0.1) is 17.5 Å². The molecule has 2 N–H and O–H groups in total. The molecule has 0 spiro atoms. The molecule has 8 nitrogen and oxygen atoms in total. The predicted octanol–water partition coefficient (Wildman–Crippen LogP) is 2.75. The summed E-state index contributed by atoms with van der Waals surface area (Å²) >= 11 is 0. The van der Waals surface area contributed by atoms with Gasteiger partial charge in [-0.25, -0.2) is 4.68 Å². The topological polar surface area (TPSA) is 98.1 Å². The molecular weight excluding hydrogens is 406 g/mol. The minimum Gasteiger partial charge on any atom is -0.463 e. The van der Waals surface area contributed by atoms with Crippen molar-refractivity contribution in [1.82, 2.24) is 25.6 Å². The number of carbonyl (C=O) groups is 2. The van der Waals surface area contributed by atoms with Crippen molar-refractivity contribution in [1.29, 1.82) is 0 Å². The lowest BCUT2D eigenvalue weighted by molar-refractivity contribution is -0.147. The number of hydrogen-bond acceptors (Lipinski definition) is 6. The minimum absolute atomic E-state index is 0. The third-order valence-corrected chi connectivity index (χ3v) is 5.04. The molecule has 0 saturated carbocycles. The van der Waals surface area contributed by atoms with Gasteiger partial charge in [0.1, 0.15) is 0 Å². The number of benzene rings is 1. The molecule has 1 fully saturated rings. The van der Waals surface area contributed by atoms with E-state index < -0.39 is 6.04 Å². The quantitative estimate of drug-likeness (QED) is 0.649. The summed E-state index contributed by atoms with van der Waals surface area (Å²) in [5, 5.41) is 14.6. The standard InChI is InChI=1S/C21H29N5O3.ClH/c1-14(2)29-19(27)13-18(16-7-5-4-6-8-16)23-21(28)20-15(3)26(25-24-20)17-9-11-22-12-10-17;/h4-8,14,17-18,22H,9-13H2,1-3H3,(H,23,28);1H. The molecule has 2 aromatic rings. The molecule has 0 radical (unpaired) electrons. The number of ether oxygens (including phenoxy) is 1. The molecule has 1 aromatic heterocycles. The predicted molar refractivity (Wildman–Crippen MR) is 116 cm³/mol. The molecule has 1 aliphatic heterocycles. The smallest absolute Gasteiger partial charge is 0.308 e. The second kappa shape index (κ2) is 11.1. The maximum absolute atomic E-state index is 13.0. The third-order valence-electron chi connectivity index (χ3n) is 5.04. The summed E-state index contributed by atoms with van der Waals surface area (Å²) in [7, 11) is 0. The summed E-state index contributed by atoms with van der Waals surface area (Å²) in [6.07, 6.45) is 1.76. The van der Waals surface area contributed by atoms with Gasteiger partial charge < -0.3 is 15.4 Å². The molecule has 1 saturated heterocycles. The van der Waals surface area contributed by atoms with Gasteiger partial charge in [-0.05, 0) is 52.3 Å². The lowest BCUT2D eigenvalue weighted by atomic mass is 10.0. The van der Waals surface area contributed by atoms with Crippen LogP contribution in [0.1, 0.15) is 66.9 Å². The van der Waals surface area contributed by atoms with E-state index in [1.54, 1.807) is 13.8 Å². The molecule has 164 valence electrons. The van der Waals surface area contributed by atoms with Crippen molar-refractivity contribution in [2.24, 2.45) is 0 Å². The van der Waals surface area contributed by atoms with E-state index in [0.717, 1.165) is 37.2 Å². The Hall–Kier alpha value is -2.45. The summed E-state index contributed by atoms with van der Waals surface area (Å²) in [4.78, 5) is 25.2. The van der Waals surface area contributed by atoms with Crippen molar-refractivity contribution in [3.05, 3.63) is 47.3 Å². The van der Waals surface area contributed by atoms with Crippen molar-refractivity contribution in [2.75, 3.05) is 13.1 Å². The fourth-order valence-corrected chi connectivity index (χ4v) is 3.59. The Bertz CT molecular complexity index is 834. The minimum atomic E-state index is -0.501. The normalized spacial score (nSPS) is 15.3. The highest BCUT2D eigenvalue weighted by Crippen LogP contribution is 2.22. The highest BCUT2D eigenvalue weighted by molar-refractivity contribution is 5.93. The number of rotatable bonds is 7. The Labute approximate surface area is 183 Å². The monoisotopic (exact) mass is 435 g/mol.